The van der Waals surface area contributed by atoms with Crippen LogP contribution < -0.4 is 4.90 Å². The maximum Gasteiger partial charge on any atom is 0.166 e. The molecule has 29 heavy (non-hydrogen) atoms. The largest absolute Gasteiger partial charge is 0.378 e. The van der Waals surface area contributed by atoms with E-state index in [0.717, 1.165) is 48.0 Å². The number of anilines is 1. The quantitative estimate of drug-likeness (QED) is 0.571. The van der Waals surface area contributed by atoms with Crippen molar-refractivity contribution in [3.8, 4) is 0 Å². The van der Waals surface area contributed by atoms with Gasteiger partial charge in [0.05, 0.1) is 18.9 Å². The number of aromatic nitrogens is 4. The van der Waals surface area contributed by atoms with E-state index in [1.54, 1.807) is 12.2 Å². The van der Waals surface area contributed by atoms with Gasteiger partial charge in [-0.2, -0.15) is 0 Å². The molecule has 0 atom stereocenters. The van der Waals surface area contributed by atoms with Crippen molar-refractivity contribution in [1.82, 2.24) is 19.5 Å². The van der Waals surface area contributed by atoms with E-state index in [4.69, 9.17) is 25.1 Å². The van der Waals surface area contributed by atoms with Crippen molar-refractivity contribution in [3.05, 3.63) is 48.6 Å². The molecule has 0 aliphatic carbocycles. The van der Waals surface area contributed by atoms with Crippen LogP contribution in [0.15, 0.2) is 37.0 Å². The van der Waals surface area contributed by atoms with E-state index in [2.05, 4.69) is 25.0 Å². The lowest BCUT2D eigenvalue weighted by Crippen LogP contribution is -2.37. The molecule has 2 aromatic heterocycles. The van der Waals surface area contributed by atoms with Gasteiger partial charge in [-0.3, -0.25) is 0 Å². The first-order valence-electron chi connectivity index (χ1n) is 9.82. The molecule has 1 N–H and O–H groups in total. The normalized spacial score (nSPS) is 15.3. The SMILES string of the molecule is C=Cc1nc2c(N3CCOCC3)nc(C(=C)/C=C(\C)C(=N)/C=C\C)nc2n1CC. The summed E-state index contributed by atoms with van der Waals surface area (Å²) in [6.07, 6.45) is 7.20. The summed E-state index contributed by atoms with van der Waals surface area (Å²) in [6, 6.07) is 0. The standard InChI is InChI=1S/C22H28N6O/c1-6-9-17(23)15(4)14-16(5)20-25-21(27-10-12-29-13-11-27)19-22(26-20)28(8-3)18(7-2)24-19/h6-7,9,14,23H,2,5,8,10-13H2,1,3-4H3/b9-6-,15-14+,23-17?. The van der Waals surface area contributed by atoms with Crippen LogP contribution in [0, 0.1) is 5.41 Å². The highest BCUT2D eigenvalue weighted by atomic mass is 16.5. The number of ether oxygens (including phenoxy) is 1. The number of hydrogen-bond donors (Lipinski definition) is 1. The van der Waals surface area contributed by atoms with Crippen molar-refractivity contribution in [2.75, 3.05) is 31.2 Å². The van der Waals surface area contributed by atoms with Gasteiger partial charge in [-0.1, -0.05) is 19.2 Å². The Bertz CT molecular complexity index is 1010. The molecule has 3 rings (SSSR count). The van der Waals surface area contributed by atoms with Crippen molar-refractivity contribution >= 4 is 34.3 Å². The van der Waals surface area contributed by atoms with E-state index in [1.165, 1.54) is 0 Å². The molecule has 0 aromatic carbocycles. The van der Waals surface area contributed by atoms with Crippen molar-refractivity contribution in [1.29, 1.82) is 5.41 Å². The van der Waals surface area contributed by atoms with Crippen LogP contribution in [0.25, 0.3) is 22.8 Å². The minimum Gasteiger partial charge on any atom is -0.378 e. The van der Waals surface area contributed by atoms with Crippen LogP contribution in [0.1, 0.15) is 32.4 Å². The zero-order valence-corrected chi connectivity index (χ0v) is 17.4. The summed E-state index contributed by atoms with van der Waals surface area (Å²) in [5, 5.41) is 8.09. The molecule has 0 amide bonds. The Kier molecular flexibility index (Phi) is 6.39. The molecule has 152 valence electrons. The number of morpholine rings is 1. The average Bonchev–Trinajstić information content (AvgIpc) is 3.11. The first kappa shape index (κ1) is 20.7. The maximum absolute atomic E-state index is 8.09. The summed E-state index contributed by atoms with van der Waals surface area (Å²) in [7, 11) is 0. The van der Waals surface area contributed by atoms with Gasteiger partial charge in [0, 0.05) is 25.2 Å². The molecule has 0 radical (unpaired) electrons. The zero-order valence-electron chi connectivity index (χ0n) is 17.4. The van der Waals surface area contributed by atoms with Gasteiger partial charge in [-0.05, 0) is 44.6 Å². The number of rotatable bonds is 7. The Morgan fingerprint density at radius 1 is 1.24 bits per heavy atom. The third-order valence-corrected chi connectivity index (χ3v) is 4.85. The molecule has 1 fully saturated rings. The number of aryl methyl sites for hydroxylation is 1. The highest BCUT2D eigenvalue weighted by Gasteiger charge is 2.22. The zero-order chi connectivity index (χ0) is 21.0. The summed E-state index contributed by atoms with van der Waals surface area (Å²) in [4.78, 5) is 16.5. The Hall–Kier alpha value is -3.06. The molecule has 0 unspecified atom stereocenters. The lowest BCUT2D eigenvalue weighted by molar-refractivity contribution is 0.122. The number of hydrogen-bond acceptors (Lipinski definition) is 6. The molecule has 0 saturated carbocycles. The highest BCUT2D eigenvalue weighted by Crippen LogP contribution is 2.28. The second-order valence-corrected chi connectivity index (χ2v) is 6.83. The van der Waals surface area contributed by atoms with Gasteiger partial charge < -0.3 is 19.6 Å². The second-order valence-electron chi connectivity index (χ2n) is 6.83. The van der Waals surface area contributed by atoms with E-state index in [9.17, 15) is 0 Å². The molecule has 0 bridgehead atoms. The van der Waals surface area contributed by atoms with Crippen LogP contribution in [0.2, 0.25) is 0 Å². The lowest BCUT2D eigenvalue weighted by Gasteiger charge is -2.28. The Morgan fingerprint density at radius 2 is 1.97 bits per heavy atom. The van der Waals surface area contributed by atoms with Crippen LogP contribution in [-0.4, -0.2) is 51.5 Å². The topological polar surface area (TPSA) is 79.9 Å². The van der Waals surface area contributed by atoms with Gasteiger partial charge in [0.15, 0.2) is 22.8 Å². The minimum atomic E-state index is 0.440. The van der Waals surface area contributed by atoms with E-state index in [1.807, 2.05) is 30.6 Å². The summed E-state index contributed by atoms with van der Waals surface area (Å²) in [5.41, 5.74) is 3.44. The lowest BCUT2D eigenvalue weighted by atomic mass is 10.1. The van der Waals surface area contributed by atoms with Gasteiger partial charge in [-0.15, -0.1) is 0 Å². The molecular formula is C22H28N6O. The molecule has 7 nitrogen and oxygen atoms in total. The Labute approximate surface area is 171 Å². The van der Waals surface area contributed by atoms with Gasteiger partial charge in [0.1, 0.15) is 5.82 Å². The van der Waals surface area contributed by atoms with Gasteiger partial charge in [-0.25, -0.2) is 15.0 Å². The molecule has 1 aliphatic rings. The van der Waals surface area contributed by atoms with Gasteiger partial charge in [0.2, 0.25) is 0 Å². The average molecular weight is 393 g/mol. The van der Waals surface area contributed by atoms with Gasteiger partial charge in [0.25, 0.3) is 0 Å². The second kappa shape index (κ2) is 8.96. The molecule has 7 heteroatoms. The number of imidazole rings is 1. The van der Waals surface area contributed by atoms with Crippen molar-refractivity contribution < 1.29 is 4.74 Å². The van der Waals surface area contributed by atoms with E-state index in [-0.39, 0.29) is 0 Å². The van der Waals surface area contributed by atoms with E-state index < -0.39 is 0 Å². The van der Waals surface area contributed by atoms with Gasteiger partial charge >= 0.3 is 0 Å². The predicted octanol–water partition coefficient (Wildman–Crippen LogP) is 3.88. The highest BCUT2D eigenvalue weighted by molar-refractivity contribution is 6.07. The van der Waals surface area contributed by atoms with Crippen LogP contribution in [0.3, 0.4) is 0 Å². The van der Waals surface area contributed by atoms with Crippen molar-refractivity contribution in [2.24, 2.45) is 0 Å². The van der Waals surface area contributed by atoms with E-state index >= 15 is 0 Å². The van der Waals surface area contributed by atoms with Crippen LogP contribution >= 0.6 is 0 Å². The first-order chi connectivity index (χ1) is 14.0. The number of nitrogens with zero attached hydrogens (tertiary/aromatic N) is 5. The van der Waals surface area contributed by atoms with E-state index in [0.29, 0.717) is 30.3 Å². The first-order valence-corrected chi connectivity index (χ1v) is 9.82. The molecule has 1 aliphatic heterocycles. The summed E-state index contributed by atoms with van der Waals surface area (Å²) in [5.74, 6) is 2.10. The third-order valence-electron chi connectivity index (χ3n) is 4.85. The Morgan fingerprint density at radius 3 is 2.59 bits per heavy atom. The van der Waals surface area contributed by atoms with Crippen LogP contribution in [0.5, 0.6) is 0 Å². The molecule has 2 aromatic rings. The molecule has 3 heterocycles. The minimum absolute atomic E-state index is 0.440. The monoisotopic (exact) mass is 392 g/mol. The predicted molar refractivity (Wildman–Crippen MR) is 119 cm³/mol. The molecule has 1 saturated heterocycles. The van der Waals surface area contributed by atoms with Crippen molar-refractivity contribution in [3.63, 3.8) is 0 Å². The smallest absolute Gasteiger partial charge is 0.166 e. The molecule has 0 spiro atoms. The third kappa shape index (κ3) is 4.19. The maximum atomic E-state index is 8.09. The van der Waals surface area contributed by atoms with Crippen LogP contribution in [0.4, 0.5) is 5.82 Å². The fraction of sp³-hybridized carbons (Fsp3) is 0.364. The fourth-order valence-corrected chi connectivity index (χ4v) is 3.31. The summed E-state index contributed by atoms with van der Waals surface area (Å²) >= 11 is 0. The van der Waals surface area contributed by atoms with Crippen molar-refractivity contribution in [2.45, 2.75) is 27.3 Å². The summed E-state index contributed by atoms with van der Waals surface area (Å²) < 4.78 is 7.53. The van der Waals surface area contributed by atoms with Crippen LogP contribution in [-0.2, 0) is 11.3 Å². The molecular weight excluding hydrogens is 364 g/mol. The summed E-state index contributed by atoms with van der Waals surface area (Å²) in [6.45, 7) is 17.4. The number of allylic oxidation sites excluding steroid dienone is 5. The number of fused-ring (bicyclic) bond motifs is 1. The Balaban J connectivity index is 2.14. The fourth-order valence-electron chi connectivity index (χ4n) is 3.31. The number of nitrogens with one attached hydrogen (secondary N) is 1.